The zero-order chi connectivity index (χ0) is 12.1. The van der Waals surface area contributed by atoms with Crippen molar-refractivity contribution in [3.05, 3.63) is 30.3 Å². The Morgan fingerprint density at radius 3 is 2.47 bits per heavy atom. The summed E-state index contributed by atoms with van der Waals surface area (Å²) in [5.41, 5.74) is 0. The van der Waals surface area contributed by atoms with E-state index in [1.165, 1.54) is 0 Å². The fourth-order valence-corrected chi connectivity index (χ4v) is 5.29. The third-order valence-electron chi connectivity index (χ3n) is 4.30. The molecule has 17 heavy (non-hydrogen) atoms. The van der Waals surface area contributed by atoms with Crippen LogP contribution in [-0.2, 0) is 9.84 Å². The SMILES string of the molecule is CC1(S(=O)(=O)c2ccccc2)CC2CCC1N2. The van der Waals surface area contributed by atoms with Crippen molar-refractivity contribution in [3.63, 3.8) is 0 Å². The van der Waals surface area contributed by atoms with E-state index in [9.17, 15) is 8.42 Å². The molecule has 2 saturated heterocycles. The fraction of sp³-hybridized carbons (Fsp3) is 0.538. The highest BCUT2D eigenvalue weighted by Gasteiger charge is 2.55. The molecule has 0 saturated carbocycles. The van der Waals surface area contributed by atoms with Crippen molar-refractivity contribution in [1.82, 2.24) is 5.32 Å². The molecule has 2 aliphatic heterocycles. The van der Waals surface area contributed by atoms with Crippen LogP contribution in [0.3, 0.4) is 0 Å². The number of fused-ring (bicyclic) bond motifs is 2. The van der Waals surface area contributed by atoms with Crippen LogP contribution in [0.5, 0.6) is 0 Å². The van der Waals surface area contributed by atoms with Crippen molar-refractivity contribution < 1.29 is 8.42 Å². The van der Waals surface area contributed by atoms with Crippen molar-refractivity contribution in [1.29, 1.82) is 0 Å². The van der Waals surface area contributed by atoms with Gasteiger partial charge in [-0.25, -0.2) is 8.42 Å². The first kappa shape index (κ1) is 11.2. The van der Waals surface area contributed by atoms with E-state index in [2.05, 4.69) is 5.32 Å². The van der Waals surface area contributed by atoms with Crippen LogP contribution in [0, 0.1) is 0 Å². The van der Waals surface area contributed by atoms with Crippen LogP contribution in [0.15, 0.2) is 35.2 Å². The minimum atomic E-state index is -3.23. The summed E-state index contributed by atoms with van der Waals surface area (Å²) in [6.45, 7) is 1.90. The summed E-state index contributed by atoms with van der Waals surface area (Å²) in [4.78, 5) is 0.455. The van der Waals surface area contributed by atoms with Gasteiger partial charge in [0.1, 0.15) is 0 Å². The summed E-state index contributed by atoms with van der Waals surface area (Å²) in [6, 6.07) is 9.34. The topological polar surface area (TPSA) is 46.2 Å². The number of rotatable bonds is 2. The summed E-state index contributed by atoms with van der Waals surface area (Å²) in [5.74, 6) is 0. The summed E-state index contributed by atoms with van der Waals surface area (Å²) < 4.78 is 24.8. The van der Waals surface area contributed by atoms with Crippen LogP contribution >= 0.6 is 0 Å². The quantitative estimate of drug-likeness (QED) is 0.871. The van der Waals surface area contributed by atoms with E-state index < -0.39 is 14.6 Å². The Labute approximate surface area is 102 Å². The first-order valence-electron chi connectivity index (χ1n) is 6.10. The van der Waals surface area contributed by atoms with Crippen molar-refractivity contribution >= 4 is 9.84 Å². The summed E-state index contributed by atoms with van der Waals surface area (Å²) in [6.07, 6.45) is 2.84. The lowest BCUT2D eigenvalue weighted by atomic mass is 9.90. The molecule has 2 fully saturated rings. The summed E-state index contributed by atoms with van der Waals surface area (Å²) >= 11 is 0. The minimum absolute atomic E-state index is 0.123. The Hall–Kier alpha value is -0.870. The first-order valence-corrected chi connectivity index (χ1v) is 7.58. The molecule has 2 bridgehead atoms. The lowest BCUT2D eigenvalue weighted by Crippen LogP contribution is -2.46. The molecule has 1 N–H and O–H groups in total. The van der Waals surface area contributed by atoms with Crippen LogP contribution in [0.4, 0.5) is 0 Å². The second-order valence-corrected chi connectivity index (χ2v) is 7.74. The highest BCUT2D eigenvalue weighted by Crippen LogP contribution is 2.44. The van der Waals surface area contributed by atoms with Crippen LogP contribution in [0.2, 0.25) is 0 Å². The van der Waals surface area contributed by atoms with Crippen LogP contribution in [-0.4, -0.2) is 25.2 Å². The van der Waals surface area contributed by atoms with Crippen molar-refractivity contribution in [3.8, 4) is 0 Å². The predicted molar refractivity (Wildman–Crippen MR) is 66.6 cm³/mol. The van der Waals surface area contributed by atoms with Gasteiger partial charge in [-0.1, -0.05) is 18.2 Å². The van der Waals surface area contributed by atoms with E-state index in [1.807, 2.05) is 13.0 Å². The molecule has 3 rings (SSSR count). The van der Waals surface area contributed by atoms with Gasteiger partial charge in [0.05, 0.1) is 9.64 Å². The maximum absolute atomic E-state index is 12.7. The van der Waals surface area contributed by atoms with Gasteiger partial charge >= 0.3 is 0 Å². The van der Waals surface area contributed by atoms with Gasteiger partial charge in [-0.05, 0) is 38.3 Å². The molecule has 4 heteroatoms. The minimum Gasteiger partial charge on any atom is -0.310 e. The van der Waals surface area contributed by atoms with E-state index in [-0.39, 0.29) is 6.04 Å². The zero-order valence-electron chi connectivity index (χ0n) is 9.89. The third kappa shape index (κ3) is 1.47. The molecule has 3 atom stereocenters. The molecule has 3 nitrogen and oxygen atoms in total. The normalized spacial score (nSPS) is 36.3. The van der Waals surface area contributed by atoms with Crippen molar-refractivity contribution in [2.75, 3.05) is 0 Å². The number of sulfone groups is 1. The highest BCUT2D eigenvalue weighted by molar-refractivity contribution is 7.93. The smallest absolute Gasteiger partial charge is 0.185 e. The second-order valence-electron chi connectivity index (χ2n) is 5.33. The molecule has 2 aliphatic rings. The maximum Gasteiger partial charge on any atom is 0.185 e. The first-order chi connectivity index (χ1) is 8.04. The Morgan fingerprint density at radius 2 is 1.94 bits per heavy atom. The number of nitrogens with one attached hydrogen (secondary N) is 1. The van der Waals surface area contributed by atoms with Crippen LogP contribution in [0.1, 0.15) is 26.2 Å². The summed E-state index contributed by atoms with van der Waals surface area (Å²) in [7, 11) is -3.23. The van der Waals surface area contributed by atoms with Gasteiger partial charge in [0, 0.05) is 12.1 Å². The van der Waals surface area contributed by atoms with E-state index in [1.54, 1.807) is 24.3 Å². The Kier molecular flexibility index (Phi) is 2.35. The van der Waals surface area contributed by atoms with Gasteiger partial charge in [0.2, 0.25) is 0 Å². The zero-order valence-corrected chi connectivity index (χ0v) is 10.7. The average Bonchev–Trinajstić information content (AvgIpc) is 2.90. The third-order valence-corrected chi connectivity index (χ3v) is 6.87. The number of benzene rings is 1. The molecule has 3 unspecified atom stereocenters. The molecule has 0 aromatic heterocycles. The van der Waals surface area contributed by atoms with Gasteiger partial charge in [0.15, 0.2) is 9.84 Å². The molecule has 0 amide bonds. The molecule has 0 radical (unpaired) electrons. The number of hydrogen-bond acceptors (Lipinski definition) is 3. The maximum atomic E-state index is 12.7. The van der Waals surface area contributed by atoms with E-state index in [0.717, 1.165) is 19.3 Å². The molecule has 1 aromatic carbocycles. The van der Waals surface area contributed by atoms with E-state index in [0.29, 0.717) is 10.9 Å². The monoisotopic (exact) mass is 251 g/mol. The summed E-state index contributed by atoms with van der Waals surface area (Å²) in [5, 5.41) is 3.42. The Morgan fingerprint density at radius 1 is 1.24 bits per heavy atom. The molecule has 92 valence electrons. The lowest BCUT2D eigenvalue weighted by molar-refractivity contribution is 0.440. The lowest BCUT2D eigenvalue weighted by Gasteiger charge is -2.32. The van der Waals surface area contributed by atoms with E-state index >= 15 is 0 Å². The molecule has 0 aliphatic carbocycles. The second kappa shape index (κ2) is 3.56. The van der Waals surface area contributed by atoms with Gasteiger partial charge in [-0.3, -0.25) is 0 Å². The van der Waals surface area contributed by atoms with Crippen molar-refractivity contribution in [2.24, 2.45) is 0 Å². The largest absolute Gasteiger partial charge is 0.310 e. The van der Waals surface area contributed by atoms with Crippen LogP contribution < -0.4 is 5.32 Å². The van der Waals surface area contributed by atoms with E-state index in [4.69, 9.17) is 0 Å². The van der Waals surface area contributed by atoms with Gasteiger partial charge < -0.3 is 5.32 Å². The molecule has 1 aromatic rings. The fourth-order valence-electron chi connectivity index (χ4n) is 3.26. The number of hydrogen-bond donors (Lipinski definition) is 1. The van der Waals surface area contributed by atoms with Crippen LogP contribution in [0.25, 0.3) is 0 Å². The standard InChI is InChI=1S/C13H17NO2S/c1-13(9-10-7-8-12(13)14-10)17(15,16)11-5-3-2-4-6-11/h2-6,10,12,14H,7-9H2,1H3. The molecular weight excluding hydrogens is 234 g/mol. The van der Waals surface area contributed by atoms with Gasteiger partial charge in [-0.2, -0.15) is 0 Å². The molecule has 2 heterocycles. The van der Waals surface area contributed by atoms with Gasteiger partial charge in [0.25, 0.3) is 0 Å². The van der Waals surface area contributed by atoms with Crippen molar-refractivity contribution in [2.45, 2.75) is 47.9 Å². The average molecular weight is 251 g/mol. The molecular formula is C13H17NO2S. The Bertz CT molecular complexity index is 526. The van der Waals surface area contributed by atoms with Gasteiger partial charge in [-0.15, -0.1) is 0 Å². The highest BCUT2D eigenvalue weighted by atomic mass is 32.2. The molecule has 0 spiro atoms. The predicted octanol–water partition coefficient (Wildman–Crippen LogP) is 1.74. The Balaban J connectivity index is 2.05.